The number of carbonyl (C=O) groups excluding carboxylic acids is 5. The van der Waals surface area contributed by atoms with Crippen LogP contribution in [-0.4, -0.2) is 149 Å². The standard InChI is InChI=1S/C47H69N5O15/c1-12-35-47(8,59)41(67-45(58)50-21-20-49-42(56)32-15-17-33(18-16-32)52(60)61)28(4)37(54)26(2)24-46(7,62-11)40(66-44-38(55)34(51(9)10)22-27(3)63-44)29(5)39(30(6)43(57)64-35)65-36(53)23-31-14-13-19-48-25-31/h13-19,25-30,34-35,38-41,44,55,59H,12,20-24H2,1-11H3,(H,49,56)(H,50,58)/t26-,27-,28+,29+,30-,34+,35-,38-,39+,40-,41-,44+,46-,47-/m1/s1. The van der Waals surface area contributed by atoms with Gasteiger partial charge in [0.05, 0.1) is 41.0 Å². The van der Waals surface area contributed by atoms with Gasteiger partial charge in [0, 0.05) is 68.2 Å². The highest BCUT2D eigenvalue weighted by Crippen LogP contribution is 2.40. The highest BCUT2D eigenvalue weighted by atomic mass is 16.7. The van der Waals surface area contributed by atoms with Crippen LogP contribution >= 0.6 is 0 Å². The molecule has 14 atom stereocenters. The fourth-order valence-electron chi connectivity index (χ4n) is 9.19. The van der Waals surface area contributed by atoms with E-state index >= 15 is 0 Å². The Hall–Kier alpha value is -5.12. The molecule has 20 nitrogen and oxygen atoms in total. The van der Waals surface area contributed by atoms with E-state index < -0.39 is 106 Å². The number of aliphatic hydroxyl groups is 2. The minimum Gasteiger partial charge on any atom is -0.461 e. The number of ketones is 1. The number of aliphatic hydroxyl groups excluding tert-OH is 1. The summed E-state index contributed by atoms with van der Waals surface area (Å²) < 4.78 is 37.4. The molecular weight excluding hydrogens is 875 g/mol. The molecule has 0 bridgehead atoms. The van der Waals surface area contributed by atoms with Gasteiger partial charge in [-0.05, 0) is 84.8 Å². The molecule has 1 aromatic carbocycles. The Labute approximate surface area is 391 Å². The smallest absolute Gasteiger partial charge is 0.407 e. The average molecular weight is 944 g/mol. The number of non-ortho nitro benzene ring substituents is 1. The molecule has 4 rings (SSSR count). The maximum absolute atomic E-state index is 14.7. The first-order chi connectivity index (χ1) is 31.4. The Morgan fingerprint density at radius 3 is 2.22 bits per heavy atom. The van der Waals surface area contributed by atoms with Crippen LogP contribution in [0, 0.1) is 33.8 Å². The van der Waals surface area contributed by atoms with Crippen molar-refractivity contribution in [1.29, 1.82) is 0 Å². The van der Waals surface area contributed by atoms with Crippen molar-refractivity contribution in [2.24, 2.45) is 23.7 Å². The lowest BCUT2D eigenvalue weighted by molar-refractivity contribution is -0.384. The van der Waals surface area contributed by atoms with Gasteiger partial charge in [-0.15, -0.1) is 0 Å². The maximum Gasteiger partial charge on any atom is 0.407 e. The Morgan fingerprint density at radius 1 is 0.985 bits per heavy atom. The molecule has 2 aliphatic rings. The van der Waals surface area contributed by atoms with Crippen molar-refractivity contribution in [3.8, 4) is 0 Å². The second-order valence-electron chi connectivity index (χ2n) is 18.5. The van der Waals surface area contributed by atoms with Crippen molar-refractivity contribution < 1.29 is 67.5 Å². The molecule has 2 amide bonds. The van der Waals surface area contributed by atoms with E-state index in [2.05, 4.69) is 15.6 Å². The summed E-state index contributed by atoms with van der Waals surface area (Å²) in [6, 6.07) is 7.96. The Morgan fingerprint density at radius 2 is 1.64 bits per heavy atom. The number of nitrogens with zero attached hydrogens (tertiary/aromatic N) is 3. The Kier molecular flexibility index (Phi) is 19.3. The van der Waals surface area contributed by atoms with Crippen molar-refractivity contribution in [2.45, 2.75) is 141 Å². The first-order valence-corrected chi connectivity index (χ1v) is 22.7. The summed E-state index contributed by atoms with van der Waals surface area (Å²) in [4.78, 5) is 85.4. The number of hydrogen-bond donors (Lipinski definition) is 4. The van der Waals surface area contributed by atoms with E-state index in [0.717, 1.165) is 0 Å². The number of esters is 2. The van der Waals surface area contributed by atoms with Crippen molar-refractivity contribution in [3.05, 3.63) is 70.0 Å². The van der Waals surface area contributed by atoms with Crippen LogP contribution in [0.2, 0.25) is 0 Å². The number of alkyl carbamates (subject to hydrolysis) is 1. The molecule has 67 heavy (non-hydrogen) atoms. The van der Waals surface area contributed by atoms with Gasteiger partial charge in [0.25, 0.3) is 11.6 Å². The maximum atomic E-state index is 14.7. The Bertz CT molecular complexity index is 2010. The zero-order chi connectivity index (χ0) is 50.0. The third-order valence-electron chi connectivity index (χ3n) is 13.0. The number of ether oxygens (including phenoxy) is 6. The number of rotatable bonds is 14. The van der Waals surface area contributed by atoms with E-state index in [4.69, 9.17) is 28.4 Å². The summed E-state index contributed by atoms with van der Waals surface area (Å²) in [5.41, 5.74) is -3.09. The van der Waals surface area contributed by atoms with E-state index in [1.165, 1.54) is 58.3 Å². The van der Waals surface area contributed by atoms with Crippen LogP contribution in [0.5, 0.6) is 0 Å². The molecule has 3 heterocycles. The number of Topliss-reactive ketones (excluding diaryl/α,β-unsaturated/α-hetero) is 1. The normalized spacial score (nSPS) is 33.2. The number of nitro benzene ring substituents is 1. The molecule has 0 saturated carbocycles. The molecule has 2 aliphatic heterocycles. The van der Waals surface area contributed by atoms with E-state index in [0.29, 0.717) is 12.0 Å². The molecule has 0 aliphatic carbocycles. The third-order valence-corrected chi connectivity index (χ3v) is 13.0. The van der Waals surface area contributed by atoms with Crippen molar-refractivity contribution >= 4 is 35.4 Å². The molecule has 0 spiro atoms. The number of cyclic esters (lactones) is 1. The molecular formula is C47H69N5O15. The topological polar surface area (TPSA) is 265 Å². The minimum absolute atomic E-state index is 0.00525. The van der Waals surface area contributed by atoms with Crippen LogP contribution in [0.1, 0.15) is 90.6 Å². The van der Waals surface area contributed by atoms with Gasteiger partial charge in [0.15, 0.2) is 6.29 Å². The quantitative estimate of drug-likeness (QED) is 0.0690. The highest BCUT2D eigenvalue weighted by molar-refractivity contribution is 5.94. The van der Waals surface area contributed by atoms with Crippen molar-refractivity contribution in [1.82, 2.24) is 20.5 Å². The lowest BCUT2D eigenvalue weighted by atomic mass is 9.73. The predicted molar refractivity (Wildman–Crippen MR) is 241 cm³/mol. The highest BCUT2D eigenvalue weighted by Gasteiger charge is 2.54. The molecule has 20 heteroatoms. The number of pyridine rings is 1. The lowest BCUT2D eigenvalue weighted by Crippen LogP contribution is -2.61. The van der Waals surface area contributed by atoms with Crippen LogP contribution in [0.15, 0.2) is 48.8 Å². The van der Waals surface area contributed by atoms with Gasteiger partial charge in [0.2, 0.25) is 0 Å². The van der Waals surface area contributed by atoms with Crippen LogP contribution in [0.4, 0.5) is 10.5 Å². The number of hydrogen-bond acceptors (Lipinski definition) is 17. The number of carbonyl (C=O) groups is 5. The van der Waals surface area contributed by atoms with Gasteiger partial charge >= 0.3 is 18.0 Å². The van der Waals surface area contributed by atoms with Crippen LogP contribution in [-0.2, 0) is 49.2 Å². The summed E-state index contributed by atoms with van der Waals surface area (Å²) in [6.45, 7) is 12.6. The van der Waals surface area contributed by atoms with Gasteiger partial charge in [-0.3, -0.25) is 34.3 Å². The molecule has 0 radical (unpaired) electrons. The summed E-state index contributed by atoms with van der Waals surface area (Å²) in [5.74, 6) is -6.81. The van der Waals surface area contributed by atoms with Gasteiger partial charge in [0.1, 0.15) is 35.8 Å². The SMILES string of the molecule is CC[C@H]1OC(=O)[C@H](C)[C@@H](OC(=O)Cc2cccnc2)[C@H](C)[C@@H](O[C@@H]2O[C@H](C)C[C@H](N(C)C)[C@H]2O)[C@](C)(OC)C[C@@H](C)C(=O)[C@H](C)[C@@H](OC(=O)NCCNC(=O)c2ccc([N+](=O)[O-])cc2)[C@]1(C)O. The number of methoxy groups -OCH3 is 1. The van der Waals surface area contributed by atoms with Gasteiger partial charge in [-0.2, -0.15) is 0 Å². The number of nitrogens with one attached hydrogen (secondary N) is 2. The number of benzene rings is 1. The third kappa shape index (κ3) is 13.8. The van der Waals surface area contributed by atoms with Crippen LogP contribution in [0.3, 0.4) is 0 Å². The largest absolute Gasteiger partial charge is 0.461 e. The fourth-order valence-corrected chi connectivity index (χ4v) is 9.19. The zero-order valence-corrected chi connectivity index (χ0v) is 40.3. The van der Waals surface area contributed by atoms with E-state index in [1.807, 2.05) is 25.9 Å². The summed E-state index contributed by atoms with van der Waals surface area (Å²) in [6.07, 6.45) is -5.84. The molecule has 1 aromatic heterocycles. The molecule has 0 unspecified atom stereocenters. The van der Waals surface area contributed by atoms with E-state index in [-0.39, 0.29) is 55.7 Å². The molecule has 2 fully saturated rings. The monoisotopic (exact) mass is 943 g/mol. The number of nitro groups is 1. The minimum atomic E-state index is -2.19. The first kappa shape index (κ1) is 54.5. The van der Waals surface area contributed by atoms with Crippen molar-refractivity contribution in [3.63, 3.8) is 0 Å². The summed E-state index contributed by atoms with van der Waals surface area (Å²) in [5, 5.41) is 40.1. The second kappa shape index (κ2) is 23.7. The molecule has 4 N–H and O–H groups in total. The van der Waals surface area contributed by atoms with E-state index in [9.17, 15) is 44.3 Å². The summed E-state index contributed by atoms with van der Waals surface area (Å²) >= 11 is 0. The van der Waals surface area contributed by atoms with Crippen LogP contribution < -0.4 is 10.6 Å². The lowest BCUT2D eigenvalue weighted by Gasteiger charge is -2.48. The predicted octanol–water partition coefficient (Wildman–Crippen LogP) is 3.78. The number of amides is 2. The Balaban J connectivity index is 1.71. The zero-order valence-electron chi connectivity index (χ0n) is 40.3. The van der Waals surface area contributed by atoms with Gasteiger partial charge in [-0.1, -0.05) is 33.8 Å². The molecule has 2 saturated heterocycles. The summed E-state index contributed by atoms with van der Waals surface area (Å²) in [7, 11) is 5.10. The molecule has 2 aromatic rings. The number of aromatic nitrogens is 1. The van der Waals surface area contributed by atoms with Gasteiger partial charge < -0.3 is 54.2 Å². The number of likely N-dealkylation sites (N-methyl/N-ethyl adjacent to an activating group) is 1. The fraction of sp³-hybridized carbons (Fsp3) is 0.660. The molecule has 372 valence electrons. The van der Waals surface area contributed by atoms with E-state index in [1.54, 1.807) is 46.0 Å². The van der Waals surface area contributed by atoms with Crippen LogP contribution in [0.25, 0.3) is 0 Å². The average Bonchev–Trinajstić information content (AvgIpc) is 3.29. The first-order valence-electron chi connectivity index (χ1n) is 22.7. The van der Waals surface area contributed by atoms with Gasteiger partial charge in [-0.25, -0.2) is 4.79 Å². The second-order valence-corrected chi connectivity index (χ2v) is 18.5. The van der Waals surface area contributed by atoms with Crippen molar-refractivity contribution in [2.75, 3.05) is 34.3 Å².